The SMILES string of the molecule is COc1cc(C(=O)NN=Cc2ccc(OC(F)F)cc2)cc(OC)c1OC. The molecule has 1 N–H and O–H groups in total. The number of hydrogen-bond donors (Lipinski definition) is 1. The topological polar surface area (TPSA) is 78.4 Å². The van der Waals surface area contributed by atoms with Crippen molar-refractivity contribution in [3.63, 3.8) is 0 Å². The van der Waals surface area contributed by atoms with E-state index in [9.17, 15) is 13.6 Å². The highest BCUT2D eigenvalue weighted by atomic mass is 19.3. The number of methoxy groups -OCH3 is 3. The van der Waals surface area contributed by atoms with Crippen LogP contribution < -0.4 is 24.4 Å². The minimum absolute atomic E-state index is 0.0311. The van der Waals surface area contributed by atoms with Gasteiger partial charge in [-0.25, -0.2) is 5.43 Å². The third kappa shape index (κ3) is 5.30. The van der Waals surface area contributed by atoms with E-state index in [-0.39, 0.29) is 11.3 Å². The van der Waals surface area contributed by atoms with E-state index in [1.54, 1.807) is 0 Å². The van der Waals surface area contributed by atoms with Crippen molar-refractivity contribution in [1.82, 2.24) is 5.43 Å². The molecule has 1 amide bonds. The van der Waals surface area contributed by atoms with E-state index >= 15 is 0 Å². The van der Waals surface area contributed by atoms with Gasteiger partial charge in [0.1, 0.15) is 5.75 Å². The summed E-state index contributed by atoms with van der Waals surface area (Å²) in [5.74, 6) is 0.569. The van der Waals surface area contributed by atoms with Gasteiger partial charge in [-0.1, -0.05) is 0 Å². The van der Waals surface area contributed by atoms with E-state index < -0.39 is 12.5 Å². The Morgan fingerprint density at radius 1 is 1.04 bits per heavy atom. The lowest BCUT2D eigenvalue weighted by molar-refractivity contribution is -0.0498. The van der Waals surface area contributed by atoms with E-state index in [1.807, 2.05) is 0 Å². The highest BCUT2D eigenvalue weighted by Crippen LogP contribution is 2.38. The van der Waals surface area contributed by atoms with Gasteiger partial charge in [0.2, 0.25) is 5.75 Å². The van der Waals surface area contributed by atoms with Gasteiger partial charge in [0.25, 0.3) is 5.91 Å². The summed E-state index contributed by atoms with van der Waals surface area (Å²) < 4.78 is 44.1. The normalized spacial score (nSPS) is 10.7. The molecule has 0 heterocycles. The number of nitrogens with zero attached hydrogens (tertiary/aromatic N) is 1. The zero-order valence-electron chi connectivity index (χ0n) is 14.9. The second kappa shape index (κ2) is 9.37. The highest BCUT2D eigenvalue weighted by molar-refractivity contribution is 5.96. The zero-order valence-corrected chi connectivity index (χ0v) is 14.9. The maximum absolute atomic E-state index is 12.3. The summed E-state index contributed by atoms with van der Waals surface area (Å²) in [5, 5.41) is 3.84. The molecule has 144 valence electrons. The van der Waals surface area contributed by atoms with Crippen molar-refractivity contribution in [2.45, 2.75) is 6.61 Å². The number of benzene rings is 2. The van der Waals surface area contributed by atoms with Gasteiger partial charge in [-0.2, -0.15) is 13.9 Å². The Hall–Kier alpha value is -3.36. The molecule has 2 aromatic rings. The van der Waals surface area contributed by atoms with Crippen molar-refractivity contribution < 1.29 is 32.5 Å². The van der Waals surface area contributed by atoms with Crippen molar-refractivity contribution in [3.05, 3.63) is 47.5 Å². The first-order chi connectivity index (χ1) is 13.0. The molecule has 0 saturated heterocycles. The van der Waals surface area contributed by atoms with Gasteiger partial charge < -0.3 is 18.9 Å². The Morgan fingerprint density at radius 3 is 2.11 bits per heavy atom. The summed E-state index contributed by atoms with van der Waals surface area (Å²) in [6.07, 6.45) is 1.36. The quantitative estimate of drug-likeness (QED) is 0.563. The van der Waals surface area contributed by atoms with Crippen molar-refractivity contribution in [2.24, 2.45) is 5.10 Å². The van der Waals surface area contributed by atoms with Crippen molar-refractivity contribution in [1.29, 1.82) is 0 Å². The van der Waals surface area contributed by atoms with Crippen LogP contribution in [0, 0.1) is 0 Å². The molecular formula is C18H18F2N2O5. The van der Waals surface area contributed by atoms with Crippen LogP contribution in [0.2, 0.25) is 0 Å². The van der Waals surface area contributed by atoms with Crippen LogP contribution in [0.1, 0.15) is 15.9 Å². The first-order valence-corrected chi connectivity index (χ1v) is 7.66. The van der Waals surface area contributed by atoms with E-state index in [0.29, 0.717) is 22.8 Å². The number of hydrogen-bond acceptors (Lipinski definition) is 6. The predicted octanol–water partition coefficient (Wildman–Crippen LogP) is 3.08. The van der Waals surface area contributed by atoms with E-state index in [1.165, 1.54) is 63.9 Å². The van der Waals surface area contributed by atoms with Crippen molar-refractivity contribution >= 4 is 12.1 Å². The second-order valence-electron chi connectivity index (χ2n) is 5.06. The van der Waals surface area contributed by atoms with Gasteiger partial charge in [-0.3, -0.25) is 4.79 Å². The lowest BCUT2D eigenvalue weighted by Crippen LogP contribution is -2.18. The predicted molar refractivity (Wildman–Crippen MR) is 94.2 cm³/mol. The Kier molecular flexibility index (Phi) is 6.93. The van der Waals surface area contributed by atoms with Crippen LogP contribution in [0.25, 0.3) is 0 Å². The number of alkyl halides is 2. The van der Waals surface area contributed by atoms with Crippen LogP contribution in [-0.2, 0) is 0 Å². The van der Waals surface area contributed by atoms with Gasteiger partial charge in [-0.15, -0.1) is 0 Å². The van der Waals surface area contributed by atoms with Crippen LogP contribution >= 0.6 is 0 Å². The standard InChI is InChI=1S/C18H18F2N2O5/c1-24-14-8-12(9-15(25-2)16(14)26-3)17(23)22-21-10-11-4-6-13(7-5-11)27-18(19)20/h4-10,18H,1-3H3,(H,22,23). The number of carbonyl (C=O) groups is 1. The molecule has 0 spiro atoms. The largest absolute Gasteiger partial charge is 0.493 e. The smallest absolute Gasteiger partial charge is 0.387 e. The Morgan fingerprint density at radius 2 is 1.63 bits per heavy atom. The minimum atomic E-state index is -2.89. The molecule has 0 saturated carbocycles. The van der Waals surface area contributed by atoms with Crippen LogP contribution in [0.5, 0.6) is 23.0 Å². The van der Waals surface area contributed by atoms with E-state index in [2.05, 4.69) is 15.3 Å². The Balaban J connectivity index is 2.07. The lowest BCUT2D eigenvalue weighted by Gasteiger charge is -2.13. The Bertz CT molecular complexity index is 785. The molecule has 0 fully saturated rings. The summed E-state index contributed by atoms with van der Waals surface area (Å²) in [6.45, 7) is -2.89. The maximum Gasteiger partial charge on any atom is 0.387 e. The first-order valence-electron chi connectivity index (χ1n) is 7.66. The number of halogens is 2. The van der Waals surface area contributed by atoms with Crippen LogP contribution in [-0.4, -0.2) is 40.1 Å². The number of carbonyl (C=O) groups excluding carboxylic acids is 1. The van der Waals surface area contributed by atoms with Crippen LogP contribution in [0.15, 0.2) is 41.5 Å². The summed E-state index contributed by atoms with van der Waals surface area (Å²) in [4.78, 5) is 12.3. The summed E-state index contributed by atoms with van der Waals surface area (Å²) in [5.41, 5.74) is 3.20. The fraction of sp³-hybridized carbons (Fsp3) is 0.222. The number of nitrogens with one attached hydrogen (secondary N) is 1. The average molecular weight is 380 g/mol. The van der Waals surface area contributed by atoms with Crippen LogP contribution in [0.4, 0.5) is 8.78 Å². The van der Waals surface area contributed by atoms with Gasteiger partial charge >= 0.3 is 6.61 Å². The van der Waals surface area contributed by atoms with Gasteiger partial charge in [0.05, 0.1) is 27.5 Å². The molecule has 0 aliphatic carbocycles. The first kappa shape index (κ1) is 20.0. The summed E-state index contributed by atoms with van der Waals surface area (Å²) in [6, 6.07) is 8.76. The second-order valence-corrected chi connectivity index (χ2v) is 5.06. The number of ether oxygens (including phenoxy) is 4. The molecule has 7 nitrogen and oxygen atoms in total. The molecule has 0 unspecified atom stereocenters. The van der Waals surface area contributed by atoms with Gasteiger partial charge in [-0.05, 0) is 42.0 Å². The van der Waals surface area contributed by atoms with Crippen LogP contribution in [0.3, 0.4) is 0 Å². The highest BCUT2D eigenvalue weighted by Gasteiger charge is 2.16. The third-order valence-electron chi connectivity index (χ3n) is 3.41. The number of amides is 1. The summed E-state index contributed by atoms with van der Waals surface area (Å²) >= 11 is 0. The monoisotopic (exact) mass is 380 g/mol. The van der Waals surface area contributed by atoms with Gasteiger partial charge in [0.15, 0.2) is 11.5 Å². The molecule has 0 aromatic heterocycles. The van der Waals surface area contributed by atoms with Gasteiger partial charge in [0, 0.05) is 5.56 Å². The average Bonchev–Trinajstić information content (AvgIpc) is 2.67. The fourth-order valence-corrected chi connectivity index (χ4v) is 2.18. The third-order valence-corrected chi connectivity index (χ3v) is 3.41. The fourth-order valence-electron chi connectivity index (χ4n) is 2.18. The van der Waals surface area contributed by atoms with Crippen molar-refractivity contribution in [2.75, 3.05) is 21.3 Å². The van der Waals surface area contributed by atoms with Crippen molar-refractivity contribution in [3.8, 4) is 23.0 Å². The molecule has 2 aromatic carbocycles. The number of hydrazone groups is 1. The Labute approximate surface area is 154 Å². The summed E-state index contributed by atoms with van der Waals surface area (Å²) in [7, 11) is 4.35. The zero-order chi connectivity index (χ0) is 19.8. The molecule has 0 aliphatic rings. The lowest BCUT2D eigenvalue weighted by atomic mass is 10.1. The maximum atomic E-state index is 12.3. The van der Waals surface area contributed by atoms with E-state index in [4.69, 9.17) is 14.2 Å². The molecule has 27 heavy (non-hydrogen) atoms. The molecule has 0 atom stereocenters. The molecule has 9 heteroatoms. The molecular weight excluding hydrogens is 362 g/mol. The molecule has 2 rings (SSSR count). The molecule has 0 aliphatic heterocycles. The number of rotatable bonds is 8. The minimum Gasteiger partial charge on any atom is -0.493 e. The van der Waals surface area contributed by atoms with E-state index in [0.717, 1.165) is 0 Å². The molecule has 0 bridgehead atoms. The molecule has 0 radical (unpaired) electrons.